The molecule has 0 unspecified atom stereocenters. The van der Waals surface area contributed by atoms with Gasteiger partial charge in [-0.1, -0.05) is 29.3 Å². The molecule has 0 radical (unpaired) electrons. The van der Waals surface area contributed by atoms with Crippen LogP contribution in [-0.4, -0.2) is 12.7 Å². The van der Waals surface area contributed by atoms with Gasteiger partial charge in [-0.3, -0.25) is 4.79 Å². The van der Waals surface area contributed by atoms with E-state index in [0.29, 0.717) is 27.2 Å². The fourth-order valence-corrected chi connectivity index (χ4v) is 2.25. The molecule has 2 aromatic carbocycles. The van der Waals surface area contributed by atoms with E-state index in [0.717, 1.165) is 5.56 Å². The molecule has 0 saturated carbocycles. The number of amides is 1. The van der Waals surface area contributed by atoms with Gasteiger partial charge in [0, 0.05) is 17.8 Å². The fourth-order valence-electron chi connectivity index (χ4n) is 1.95. The van der Waals surface area contributed by atoms with Crippen molar-refractivity contribution in [2.75, 3.05) is 12.1 Å². The zero-order valence-corrected chi connectivity index (χ0v) is 12.8. The Labute approximate surface area is 137 Å². The number of rotatable bonds is 3. The number of nitrogens with one attached hydrogen (secondary N) is 1. The van der Waals surface area contributed by atoms with Crippen molar-refractivity contribution in [3.8, 4) is 11.5 Å². The summed E-state index contributed by atoms with van der Waals surface area (Å²) in [6, 6.07) is 10.4. The minimum atomic E-state index is -0.259. The van der Waals surface area contributed by atoms with E-state index in [1.807, 2.05) is 0 Å². The molecule has 22 heavy (non-hydrogen) atoms. The van der Waals surface area contributed by atoms with Crippen molar-refractivity contribution >= 4 is 40.9 Å². The molecule has 1 aliphatic heterocycles. The highest BCUT2D eigenvalue weighted by atomic mass is 35.5. The molecule has 1 N–H and O–H groups in total. The van der Waals surface area contributed by atoms with Gasteiger partial charge in [0.05, 0.1) is 10.0 Å². The number of fused-ring (bicyclic) bond motifs is 1. The first-order valence-electron chi connectivity index (χ1n) is 6.45. The molecule has 0 aliphatic carbocycles. The summed E-state index contributed by atoms with van der Waals surface area (Å²) in [6.45, 7) is 0.198. The van der Waals surface area contributed by atoms with Crippen LogP contribution in [0.25, 0.3) is 6.08 Å². The van der Waals surface area contributed by atoms with Crippen molar-refractivity contribution in [3.63, 3.8) is 0 Å². The van der Waals surface area contributed by atoms with Crippen LogP contribution in [0.15, 0.2) is 42.5 Å². The van der Waals surface area contributed by atoms with Crippen LogP contribution in [0, 0.1) is 0 Å². The third-order valence-electron chi connectivity index (χ3n) is 3.01. The highest BCUT2D eigenvalue weighted by Gasteiger charge is 2.13. The van der Waals surface area contributed by atoms with Crippen LogP contribution in [0.3, 0.4) is 0 Å². The molecule has 4 nitrogen and oxygen atoms in total. The van der Waals surface area contributed by atoms with E-state index in [1.54, 1.807) is 42.5 Å². The molecular weight excluding hydrogens is 325 g/mol. The number of anilines is 1. The number of benzene rings is 2. The monoisotopic (exact) mass is 335 g/mol. The molecule has 3 rings (SSSR count). The molecule has 112 valence electrons. The molecule has 0 aromatic heterocycles. The normalized spacial score (nSPS) is 12.6. The maximum Gasteiger partial charge on any atom is 0.248 e. The number of ether oxygens (including phenoxy) is 2. The predicted molar refractivity (Wildman–Crippen MR) is 86.7 cm³/mol. The topological polar surface area (TPSA) is 47.6 Å². The van der Waals surface area contributed by atoms with Crippen molar-refractivity contribution in [1.82, 2.24) is 0 Å². The first kappa shape index (κ1) is 14.8. The van der Waals surface area contributed by atoms with Crippen LogP contribution in [-0.2, 0) is 4.79 Å². The van der Waals surface area contributed by atoms with Gasteiger partial charge in [0.2, 0.25) is 12.7 Å². The molecule has 0 spiro atoms. The van der Waals surface area contributed by atoms with Crippen molar-refractivity contribution in [3.05, 3.63) is 58.1 Å². The summed E-state index contributed by atoms with van der Waals surface area (Å²) in [5.74, 6) is 1.03. The van der Waals surface area contributed by atoms with Gasteiger partial charge in [-0.15, -0.1) is 0 Å². The van der Waals surface area contributed by atoms with Gasteiger partial charge in [0.25, 0.3) is 0 Å². The van der Waals surface area contributed by atoms with Gasteiger partial charge in [0.1, 0.15) is 0 Å². The van der Waals surface area contributed by atoms with Gasteiger partial charge >= 0.3 is 0 Å². The number of hydrogen-bond acceptors (Lipinski definition) is 3. The minimum absolute atomic E-state index is 0.198. The average molecular weight is 336 g/mol. The smallest absolute Gasteiger partial charge is 0.248 e. The second kappa shape index (κ2) is 6.30. The van der Waals surface area contributed by atoms with Gasteiger partial charge < -0.3 is 14.8 Å². The van der Waals surface area contributed by atoms with E-state index >= 15 is 0 Å². The highest BCUT2D eigenvalue weighted by molar-refractivity contribution is 6.42. The SMILES string of the molecule is O=C(C=Cc1ccc(Cl)c(Cl)c1)Nc1ccc2c(c1)OCO2. The zero-order valence-electron chi connectivity index (χ0n) is 11.3. The largest absolute Gasteiger partial charge is 0.454 e. The third-order valence-corrected chi connectivity index (χ3v) is 3.75. The van der Waals surface area contributed by atoms with Crippen molar-refractivity contribution in [2.24, 2.45) is 0 Å². The van der Waals surface area contributed by atoms with Crippen molar-refractivity contribution < 1.29 is 14.3 Å². The Morgan fingerprint density at radius 3 is 2.68 bits per heavy atom. The van der Waals surface area contributed by atoms with Crippen LogP contribution in [0.2, 0.25) is 10.0 Å². The molecule has 0 saturated heterocycles. The van der Waals surface area contributed by atoms with Crippen LogP contribution in [0.1, 0.15) is 5.56 Å². The quantitative estimate of drug-likeness (QED) is 0.847. The molecule has 0 atom stereocenters. The molecule has 0 fully saturated rings. The number of halogens is 2. The lowest BCUT2D eigenvalue weighted by molar-refractivity contribution is -0.111. The average Bonchev–Trinajstić information content (AvgIpc) is 2.96. The lowest BCUT2D eigenvalue weighted by atomic mass is 10.2. The summed E-state index contributed by atoms with van der Waals surface area (Å²) >= 11 is 11.8. The Balaban J connectivity index is 1.67. The molecule has 0 bridgehead atoms. The van der Waals surface area contributed by atoms with E-state index < -0.39 is 0 Å². The number of hydrogen-bond donors (Lipinski definition) is 1. The van der Waals surface area contributed by atoms with Crippen molar-refractivity contribution in [2.45, 2.75) is 0 Å². The Hall–Kier alpha value is -2.17. The Morgan fingerprint density at radius 1 is 1.05 bits per heavy atom. The minimum Gasteiger partial charge on any atom is -0.454 e. The van der Waals surface area contributed by atoms with E-state index in [4.69, 9.17) is 32.7 Å². The summed E-state index contributed by atoms with van der Waals surface area (Å²) in [6.07, 6.45) is 3.08. The highest BCUT2D eigenvalue weighted by Crippen LogP contribution is 2.34. The maximum atomic E-state index is 11.9. The van der Waals surface area contributed by atoms with Crippen LogP contribution >= 0.6 is 23.2 Å². The first-order chi connectivity index (χ1) is 10.6. The van der Waals surface area contributed by atoms with Gasteiger partial charge in [0.15, 0.2) is 11.5 Å². The summed E-state index contributed by atoms with van der Waals surface area (Å²) in [5.41, 5.74) is 1.42. The summed E-state index contributed by atoms with van der Waals surface area (Å²) in [4.78, 5) is 11.9. The van der Waals surface area contributed by atoms with Crippen LogP contribution in [0.4, 0.5) is 5.69 Å². The molecule has 1 heterocycles. The lowest BCUT2D eigenvalue weighted by Crippen LogP contribution is -2.07. The fraction of sp³-hybridized carbons (Fsp3) is 0.0625. The Kier molecular flexibility index (Phi) is 4.22. The van der Waals surface area contributed by atoms with Gasteiger partial charge in [-0.2, -0.15) is 0 Å². The summed E-state index contributed by atoms with van der Waals surface area (Å²) in [5, 5.41) is 3.67. The van der Waals surface area contributed by atoms with Crippen LogP contribution in [0.5, 0.6) is 11.5 Å². The maximum absolute atomic E-state index is 11.9. The number of carbonyl (C=O) groups excluding carboxylic acids is 1. The second-order valence-electron chi connectivity index (χ2n) is 4.56. The van der Waals surface area contributed by atoms with Crippen LogP contribution < -0.4 is 14.8 Å². The molecule has 2 aromatic rings. The summed E-state index contributed by atoms with van der Waals surface area (Å²) in [7, 11) is 0. The van der Waals surface area contributed by atoms with Crippen molar-refractivity contribution in [1.29, 1.82) is 0 Å². The van der Waals surface area contributed by atoms with E-state index in [2.05, 4.69) is 5.32 Å². The van der Waals surface area contributed by atoms with E-state index in [-0.39, 0.29) is 12.7 Å². The first-order valence-corrected chi connectivity index (χ1v) is 7.21. The predicted octanol–water partition coefficient (Wildman–Crippen LogP) is 4.37. The Bertz CT molecular complexity index is 759. The Morgan fingerprint density at radius 2 is 1.86 bits per heavy atom. The number of carbonyl (C=O) groups is 1. The molecule has 1 amide bonds. The second-order valence-corrected chi connectivity index (χ2v) is 5.38. The lowest BCUT2D eigenvalue weighted by Gasteiger charge is -2.03. The zero-order chi connectivity index (χ0) is 15.5. The molecule has 1 aliphatic rings. The van der Waals surface area contributed by atoms with Gasteiger partial charge in [-0.05, 0) is 35.9 Å². The molecular formula is C16H11Cl2NO3. The van der Waals surface area contributed by atoms with E-state index in [9.17, 15) is 4.79 Å². The standard InChI is InChI=1S/C16H11Cl2NO3/c17-12-4-1-10(7-13(12)18)2-6-16(20)19-11-3-5-14-15(8-11)22-9-21-14/h1-8H,9H2,(H,19,20). The van der Waals surface area contributed by atoms with E-state index in [1.165, 1.54) is 6.08 Å². The summed E-state index contributed by atoms with van der Waals surface area (Å²) < 4.78 is 10.5. The molecule has 6 heteroatoms. The third kappa shape index (κ3) is 3.35. The van der Waals surface area contributed by atoms with Gasteiger partial charge in [-0.25, -0.2) is 0 Å².